The van der Waals surface area contributed by atoms with Crippen LogP contribution in [0.2, 0.25) is 0 Å². The zero-order valence-corrected chi connectivity index (χ0v) is 13.2. The predicted octanol–water partition coefficient (Wildman–Crippen LogP) is 2.09. The second kappa shape index (κ2) is 5.10. The molecule has 1 atom stereocenters. The molecule has 106 valence electrons. The van der Waals surface area contributed by atoms with Crippen LogP contribution in [0.25, 0.3) is 0 Å². The van der Waals surface area contributed by atoms with Gasteiger partial charge in [-0.2, -0.15) is 4.98 Å². The highest BCUT2D eigenvalue weighted by molar-refractivity contribution is 9.09. The van der Waals surface area contributed by atoms with Gasteiger partial charge in [0.05, 0.1) is 6.54 Å². The Morgan fingerprint density at radius 1 is 1.50 bits per heavy atom. The summed E-state index contributed by atoms with van der Waals surface area (Å²) in [4.78, 5) is 23.1. The quantitative estimate of drug-likeness (QED) is 0.579. The van der Waals surface area contributed by atoms with Gasteiger partial charge in [0.2, 0.25) is 5.95 Å². The lowest BCUT2D eigenvalue weighted by Crippen LogP contribution is -2.29. The molecule has 1 aliphatic heterocycles. The van der Waals surface area contributed by atoms with Crippen molar-refractivity contribution in [2.75, 3.05) is 16.0 Å². The van der Waals surface area contributed by atoms with Gasteiger partial charge in [-0.15, -0.1) is 11.3 Å². The maximum atomic E-state index is 11.8. The van der Waals surface area contributed by atoms with Crippen molar-refractivity contribution >= 4 is 44.7 Å². The third-order valence-corrected chi connectivity index (χ3v) is 5.06. The molecule has 0 aromatic carbocycles. The SMILES string of the molecule is CCc1ccc(CN2c3nc(N)[nH]c(=O)c3NC2Br)s1. The highest BCUT2D eigenvalue weighted by Crippen LogP contribution is 2.34. The summed E-state index contributed by atoms with van der Waals surface area (Å²) in [6.07, 6.45) is 1.03. The van der Waals surface area contributed by atoms with Crippen molar-refractivity contribution in [2.45, 2.75) is 25.0 Å². The van der Waals surface area contributed by atoms with Crippen LogP contribution in [-0.2, 0) is 13.0 Å². The largest absolute Gasteiger partial charge is 0.369 e. The Balaban J connectivity index is 1.93. The lowest BCUT2D eigenvalue weighted by Gasteiger charge is -2.20. The van der Waals surface area contributed by atoms with Crippen LogP contribution in [0, 0.1) is 0 Å². The highest BCUT2D eigenvalue weighted by Gasteiger charge is 2.31. The van der Waals surface area contributed by atoms with E-state index in [9.17, 15) is 4.79 Å². The van der Waals surface area contributed by atoms with Gasteiger partial charge < -0.3 is 16.0 Å². The minimum Gasteiger partial charge on any atom is -0.369 e. The van der Waals surface area contributed by atoms with Gasteiger partial charge in [0.25, 0.3) is 5.56 Å². The predicted molar refractivity (Wildman–Crippen MR) is 85.5 cm³/mol. The van der Waals surface area contributed by atoms with E-state index >= 15 is 0 Å². The Bertz CT molecular complexity index is 697. The van der Waals surface area contributed by atoms with Crippen molar-refractivity contribution in [1.29, 1.82) is 0 Å². The van der Waals surface area contributed by atoms with Crippen LogP contribution in [0.5, 0.6) is 0 Å². The lowest BCUT2D eigenvalue weighted by molar-refractivity contribution is 0.840. The number of anilines is 3. The number of thiophene rings is 1. The van der Waals surface area contributed by atoms with Gasteiger partial charge in [-0.1, -0.05) is 6.92 Å². The van der Waals surface area contributed by atoms with Gasteiger partial charge in [0.15, 0.2) is 10.9 Å². The van der Waals surface area contributed by atoms with E-state index in [1.165, 1.54) is 9.75 Å². The molecule has 0 bridgehead atoms. The summed E-state index contributed by atoms with van der Waals surface area (Å²) in [5.41, 5.74) is 5.83. The number of nitrogens with two attached hydrogens (primary N) is 1. The first-order valence-electron chi connectivity index (χ1n) is 6.23. The fourth-order valence-corrected chi connectivity index (χ4v) is 3.67. The smallest absolute Gasteiger partial charge is 0.277 e. The molecule has 0 saturated heterocycles. The number of nitrogens with one attached hydrogen (secondary N) is 2. The van der Waals surface area contributed by atoms with E-state index in [0.29, 0.717) is 18.1 Å². The van der Waals surface area contributed by atoms with E-state index in [2.05, 4.69) is 50.3 Å². The van der Waals surface area contributed by atoms with Gasteiger partial charge in [-0.25, -0.2) is 0 Å². The number of halogens is 1. The molecule has 20 heavy (non-hydrogen) atoms. The molecule has 2 aromatic rings. The lowest BCUT2D eigenvalue weighted by atomic mass is 10.3. The molecule has 0 aliphatic carbocycles. The van der Waals surface area contributed by atoms with Gasteiger partial charge in [-0.3, -0.25) is 9.78 Å². The number of aryl methyl sites for hydroxylation is 1. The Morgan fingerprint density at radius 3 is 2.95 bits per heavy atom. The van der Waals surface area contributed by atoms with Gasteiger partial charge in [-0.05, 0) is 34.5 Å². The summed E-state index contributed by atoms with van der Waals surface area (Å²) < 4.78 is 0. The average molecular weight is 356 g/mol. The first kappa shape index (κ1) is 13.4. The minimum absolute atomic E-state index is 0.127. The summed E-state index contributed by atoms with van der Waals surface area (Å²) in [7, 11) is 0. The molecule has 1 unspecified atom stereocenters. The molecule has 6 nitrogen and oxygen atoms in total. The Hall–Kier alpha value is -1.54. The summed E-state index contributed by atoms with van der Waals surface area (Å²) in [5.74, 6) is 0.710. The van der Waals surface area contributed by atoms with E-state index < -0.39 is 0 Å². The van der Waals surface area contributed by atoms with E-state index in [-0.39, 0.29) is 16.6 Å². The third-order valence-electron chi connectivity index (χ3n) is 3.12. The second-order valence-corrected chi connectivity index (χ2v) is 6.60. The topological polar surface area (TPSA) is 87.0 Å². The molecule has 2 aromatic heterocycles. The number of rotatable bonds is 3. The zero-order chi connectivity index (χ0) is 14.3. The van der Waals surface area contributed by atoms with Gasteiger partial charge in [0, 0.05) is 9.75 Å². The Labute approximate surface area is 128 Å². The van der Waals surface area contributed by atoms with Crippen molar-refractivity contribution < 1.29 is 0 Å². The molecule has 0 radical (unpaired) electrons. The number of alkyl halides is 1. The molecule has 1 aliphatic rings. The first-order chi connectivity index (χ1) is 9.58. The molecular weight excluding hydrogens is 342 g/mol. The molecular formula is C12H14BrN5OS. The van der Waals surface area contributed by atoms with E-state index in [4.69, 9.17) is 5.73 Å². The third kappa shape index (κ3) is 2.29. The van der Waals surface area contributed by atoms with Crippen LogP contribution in [0.15, 0.2) is 16.9 Å². The van der Waals surface area contributed by atoms with E-state index in [1.54, 1.807) is 11.3 Å². The van der Waals surface area contributed by atoms with E-state index in [0.717, 1.165) is 6.42 Å². The number of aromatic amines is 1. The van der Waals surface area contributed by atoms with Crippen molar-refractivity contribution in [1.82, 2.24) is 9.97 Å². The summed E-state index contributed by atoms with van der Waals surface area (Å²) in [5, 5.41) is 2.90. The van der Waals surface area contributed by atoms with Gasteiger partial charge in [0.1, 0.15) is 5.69 Å². The first-order valence-corrected chi connectivity index (χ1v) is 7.96. The van der Waals surface area contributed by atoms with Crippen molar-refractivity contribution in [3.05, 3.63) is 32.2 Å². The summed E-state index contributed by atoms with van der Waals surface area (Å²) >= 11 is 5.28. The highest BCUT2D eigenvalue weighted by atomic mass is 79.9. The fourth-order valence-electron chi connectivity index (χ4n) is 2.14. The molecule has 8 heteroatoms. The number of nitrogen functional groups attached to an aromatic ring is 1. The standard InChI is InChI=1S/C12H14BrN5OS/c1-2-6-3-4-7(20-6)5-18-9-8(15-11(18)13)10(19)17-12(14)16-9/h3-4,11,15H,2,5H2,1H3,(H3,14,16,17,19). The Morgan fingerprint density at radius 2 is 2.25 bits per heavy atom. The number of aromatic nitrogens is 2. The van der Waals surface area contributed by atoms with Crippen LogP contribution in [0.3, 0.4) is 0 Å². The number of nitrogens with zero attached hydrogens (tertiary/aromatic N) is 2. The van der Waals surface area contributed by atoms with Crippen LogP contribution in [0.1, 0.15) is 16.7 Å². The normalized spacial score (nSPS) is 17.1. The zero-order valence-electron chi connectivity index (χ0n) is 10.8. The van der Waals surface area contributed by atoms with Gasteiger partial charge >= 0.3 is 0 Å². The number of H-pyrrole nitrogens is 1. The molecule has 0 spiro atoms. The van der Waals surface area contributed by atoms with Crippen LogP contribution >= 0.6 is 27.3 Å². The Kier molecular flexibility index (Phi) is 3.43. The molecule has 4 N–H and O–H groups in total. The molecule has 0 saturated carbocycles. The van der Waals surface area contributed by atoms with Crippen molar-refractivity contribution in [3.63, 3.8) is 0 Å². The number of hydrogen-bond donors (Lipinski definition) is 3. The minimum atomic E-state index is -0.250. The van der Waals surface area contributed by atoms with Crippen LogP contribution < -0.4 is 21.5 Å². The monoisotopic (exact) mass is 355 g/mol. The molecule has 0 amide bonds. The maximum absolute atomic E-state index is 11.8. The summed E-state index contributed by atoms with van der Waals surface area (Å²) in [6, 6.07) is 4.24. The maximum Gasteiger partial charge on any atom is 0.277 e. The van der Waals surface area contributed by atoms with Crippen LogP contribution in [-0.4, -0.2) is 15.0 Å². The van der Waals surface area contributed by atoms with Crippen molar-refractivity contribution in [2.24, 2.45) is 0 Å². The summed E-state index contributed by atoms with van der Waals surface area (Å²) in [6.45, 7) is 2.81. The van der Waals surface area contributed by atoms with Crippen molar-refractivity contribution in [3.8, 4) is 0 Å². The van der Waals surface area contributed by atoms with Crippen LogP contribution in [0.4, 0.5) is 17.5 Å². The molecule has 3 heterocycles. The second-order valence-electron chi connectivity index (χ2n) is 4.48. The molecule has 3 rings (SSSR count). The number of hydrogen-bond acceptors (Lipinski definition) is 6. The average Bonchev–Trinajstić information content (AvgIpc) is 2.97. The van der Waals surface area contributed by atoms with E-state index in [1.807, 2.05) is 4.90 Å². The number of fused-ring (bicyclic) bond motifs is 1. The fraction of sp³-hybridized carbons (Fsp3) is 0.333. The molecule has 0 fully saturated rings.